The Hall–Kier alpha value is -2.22. The van der Waals surface area contributed by atoms with Gasteiger partial charge >= 0.3 is 6.09 Å². The molecule has 0 bridgehead atoms. The molecule has 2 N–H and O–H groups in total. The summed E-state index contributed by atoms with van der Waals surface area (Å²) in [4.78, 5) is 14.9. The van der Waals surface area contributed by atoms with Crippen molar-refractivity contribution >= 4 is 17.9 Å². The molecule has 1 aromatic heterocycles. The van der Waals surface area contributed by atoms with Crippen LogP contribution in [0.25, 0.3) is 0 Å². The van der Waals surface area contributed by atoms with Crippen LogP contribution in [0.2, 0.25) is 0 Å². The molecule has 0 fully saturated rings. The Labute approximate surface area is 118 Å². The molecule has 20 heavy (non-hydrogen) atoms. The van der Waals surface area contributed by atoms with Gasteiger partial charge in [0.05, 0.1) is 6.20 Å². The van der Waals surface area contributed by atoms with Gasteiger partial charge in [-0.3, -0.25) is 0 Å². The van der Waals surface area contributed by atoms with E-state index in [1.54, 1.807) is 0 Å². The zero-order valence-electron chi connectivity index (χ0n) is 10.4. The SMILES string of the molecule is CSc1ncc(C(NC(=O)O)c2ccc(F)cc2)nn1. The quantitative estimate of drug-likeness (QED) is 0.839. The number of hydrogen-bond acceptors (Lipinski definition) is 5. The minimum atomic E-state index is -1.21. The van der Waals surface area contributed by atoms with Gasteiger partial charge in [-0.1, -0.05) is 23.9 Å². The summed E-state index contributed by atoms with van der Waals surface area (Å²) in [5.74, 6) is -0.398. The molecule has 1 heterocycles. The van der Waals surface area contributed by atoms with Gasteiger partial charge in [-0.15, -0.1) is 10.2 Å². The molecule has 0 spiro atoms. The Morgan fingerprint density at radius 2 is 2.05 bits per heavy atom. The average Bonchev–Trinajstić information content (AvgIpc) is 2.46. The standard InChI is InChI=1S/C12H11FN4O2S/c1-20-11-14-6-9(16-17-11)10(15-12(18)19)7-2-4-8(13)5-3-7/h2-6,10,15H,1H3,(H,18,19). The molecule has 104 valence electrons. The highest BCUT2D eigenvalue weighted by atomic mass is 32.2. The zero-order chi connectivity index (χ0) is 14.5. The molecule has 0 aliphatic carbocycles. The van der Waals surface area contributed by atoms with Crippen LogP contribution in [0, 0.1) is 5.82 Å². The Morgan fingerprint density at radius 3 is 2.55 bits per heavy atom. The molecule has 8 heteroatoms. The van der Waals surface area contributed by atoms with Crippen molar-refractivity contribution in [2.45, 2.75) is 11.2 Å². The van der Waals surface area contributed by atoms with Crippen LogP contribution in [-0.2, 0) is 0 Å². The van der Waals surface area contributed by atoms with E-state index in [0.29, 0.717) is 16.4 Å². The van der Waals surface area contributed by atoms with Crippen molar-refractivity contribution in [2.75, 3.05) is 6.26 Å². The van der Waals surface area contributed by atoms with Gasteiger partial charge in [0, 0.05) is 0 Å². The third kappa shape index (κ3) is 3.41. The second kappa shape index (κ2) is 6.29. The Balaban J connectivity index is 2.35. The molecular weight excluding hydrogens is 283 g/mol. The first kappa shape index (κ1) is 14.2. The topological polar surface area (TPSA) is 88.0 Å². The molecule has 1 unspecified atom stereocenters. The number of carbonyl (C=O) groups is 1. The maximum absolute atomic E-state index is 12.9. The van der Waals surface area contributed by atoms with Gasteiger partial charge in [0.15, 0.2) is 0 Å². The molecule has 1 aromatic carbocycles. The number of carboxylic acid groups (broad SMARTS) is 1. The van der Waals surface area contributed by atoms with Crippen LogP contribution in [-0.4, -0.2) is 32.6 Å². The maximum Gasteiger partial charge on any atom is 0.405 e. The Morgan fingerprint density at radius 1 is 1.35 bits per heavy atom. The van der Waals surface area contributed by atoms with Crippen molar-refractivity contribution in [1.82, 2.24) is 20.5 Å². The van der Waals surface area contributed by atoms with E-state index >= 15 is 0 Å². The van der Waals surface area contributed by atoms with Gasteiger partial charge in [-0.2, -0.15) is 0 Å². The molecule has 6 nitrogen and oxygen atoms in total. The minimum Gasteiger partial charge on any atom is -0.465 e. The van der Waals surface area contributed by atoms with Crippen molar-refractivity contribution in [3.8, 4) is 0 Å². The van der Waals surface area contributed by atoms with Crippen molar-refractivity contribution < 1.29 is 14.3 Å². The minimum absolute atomic E-state index is 0.344. The van der Waals surface area contributed by atoms with Crippen LogP contribution >= 0.6 is 11.8 Å². The summed E-state index contributed by atoms with van der Waals surface area (Å²) < 4.78 is 12.9. The number of thioether (sulfide) groups is 1. The van der Waals surface area contributed by atoms with Crippen LogP contribution < -0.4 is 5.32 Å². The number of benzene rings is 1. The largest absolute Gasteiger partial charge is 0.465 e. The summed E-state index contributed by atoms with van der Waals surface area (Å²) in [6.07, 6.45) is 2.04. The van der Waals surface area contributed by atoms with Crippen LogP contribution in [0.15, 0.2) is 35.6 Å². The lowest BCUT2D eigenvalue weighted by Crippen LogP contribution is -2.28. The van der Waals surface area contributed by atoms with Gasteiger partial charge in [0.1, 0.15) is 17.6 Å². The number of rotatable bonds is 4. The monoisotopic (exact) mass is 294 g/mol. The summed E-state index contributed by atoms with van der Waals surface area (Å²) >= 11 is 1.33. The number of amides is 1. The molecule has 2 rings (SSSR count). The van der Waals surface area contributed by atoms with Crippen molar-refractivity contribution in [3.63, 3.8) is 0 Å². The highest BCUT2D eigenvalue weighted by molar-refractivity contribution is 7.98. The van der Waals surface area contributed by atoms with E-state index in [1.165, 1.54) is 42.2 Å². The predicted octanol–water partition coefficient (Wildman–Crippen LogP) is 2.09. The lowest BCUT2D eigenvalue weighted by Gasteiger charge is -2.16. The highest BCUT2D eigenvalue weighted by Gasteiger charge is 2.19. The molecule has 0 aliphatic heterocycles. The van der Waals surface area contributed by atoms with E-state index in [2.05, 4.69) is 20.5 Å². The molecule has 0 saturated heterocycles. The molecule has 2 aromatic rings. The molecule has 0 saturated carbocycles. The first-order chi connectivity index (χ1) is 9.60. The zero-order valence-corrected chi connectivity index (χ0v) is 11.3. The van der Waals surface area contributed by atoms with E-state index in [1.807, 2.05) is 6.26 Å². The van der Waals surface area contributed by atoms with Crippen molar-refractivity contribution in [3.05, 3.63) is 47.5 Å². The van der Waals surface area contributed by atoms with E-state index in [4.69, 9.17) is 5.11 Å². The van der Waals surface area contributed by atoms with Crippen LogP contribution in [0.3, 0.4) is 0 Å². The van der Waals surface area contributed by atoms with E-state index < -0.39 is 18.0 Å². The normalized spacial score (nSPS) is 11.9. The second-order valence-electron chi connectivity index (χ2n) is 3.80. The van der Waals surface area contributed by atoms with Crippen LogP contribution in [0.1, 0.15) is 17.3 Å². The molecular formula is C12H11FN4O2S. The Kier molecular flexibility index (Phi) is 4.46. The highest BCUT2D eigenvalue weighted by Crippen LogP contribution is 2.20. The third-order valence-electron chi connectivity index (χ3n) is 2.51. The summed E-state index contributed by atoms with van der Waals surface area (Å²) in [7, 11) is 0. The molecule has 1 amide bonds. The number of nitrogens with zero attached hydrogens (tertiary/aromatic N) is 3. The van der Waals surface area contributed by atoms with Crippen LogP contribution in [0.4, 0.5) is 9.18 Å². The number of halogens is 1. The van der Waals surface area contributed by atoms with E-state index in [-0.39, 0.29) is 0 Å². The predicted molar refractivity (Wildman–Crippen MR) is 71.0 cm³/mol. The maximum atomic E-state index is 12.9. The number of nitrogens with one attached hydrogen (secondary N) is 1. The summed E-state index contributed by atoms with van der Waals surface area (Å²) in [6, 6.07) is 4.73. The lowest BCUT2D eigenvalue weighted by molar-refractivity contribution is 0.191. The molecule has 1 atom stereocenters. The average molecular weight is 294 g/mol. The van der Waals surface area contributed by atoms with Crippen LogP contribution in [0.5, 0.6) is 0 Å². The van der Waals surface area contributed by atoms with Crippen molar-refractivity contribution in [2.24, 2.45) is 0 Å². The smallest absolute Gasteiger partial charge is 0.405 e. The molecule has 0 radical (unpaired) electrons. The Bertz CT molecular complexity index is 591. The first-order valence-corrected chi connectivity index (χ1v) is 6.81. The van der Waals surface area contributed by atoms with Gasteiger partial charge in [-0.25, -0.2) is 14.2 Å². The fourth-order valence-electron chi connectivity index (χ4n) is 1.61. The number of hydrogen-bond donors (Lipinski definition) is 2. The van der Waals surface area contributed by atoms with Gasteiger partial charge in [0.2, 0.25) is 5.16 Å². The molecule has 0 aliphatic rings. The van der Waals surface area contributed by atoms with Gasteiger partial charge in [0.25, 0.3) is 0 Å². The fourth-order valence-corrected chi connectivity index (χ4v) is 1.89. The number of aromatic nitrogens is 3. The summed E-state index contributed by atoms with van der Waals surface area (Å²) in [5, 5.41) is 19.5. The lowest BCUT2D eigenvalue weighted by atomic mass is 10.0. The van der Waals surface area contributed by atoms with Gasteiger partial charge < -0.3 is 10.4 Å². The second-order valence-corrected chi connectivity index (χ2v) is 4.58. The first-order valence-electron chi connectivity index (χ1n) is 5.58. The van der Waals surface area contributed by atoms with Crippen molar-refractivity contribution in [1.29, 1.82) is 0 Å². The van der Waals surface area contributed by atoms with E-state index in [0.717, 1.165) is 0 Å². The summed E-state index contributed by atoms with van der Waals surface area (Å²) in [5.41, 5.74) is 0.901. The third-order valence-corrected chi connectivity index (χ3v) is 3.06. The van der Waals surface area contributed by atoms with Gasteiger partial charge in [-0.05, 0) is 24.0 Å². The summed E-state index contributed by atoms with van der Waals surface area (Å²) in [6.45, 7) is 0. The van der Waals surface area contributed by atoms with E-state index in [9.17, 15) is 9.18 Å². The fraction of sp³-hybridized carbons (Fsp3) is 0.167.